The fourth-order valence-electron chi connectivity index (χ4n) is 1.28. The van der Waals surface area contributed by atoms with Crippen molar-refractivity contribution < 1.29 is 17.2 Å². The molecule has 1 aromatic carbocycles. The number of rotatable bonds is 5. The van der Waals surface area contributed by atoms with Gasteiger partial charge in [-0.2, -0.15) is 5.26 Å². The van der Waals surface area contributed by atoms with Crippen LogP contribution in [-0.4, -0.2) is 14.2 Å². The van der Waals surface area contributed by atoms with Gasteiger partial charge >= 0.3 is 0 Å². The molecule has 1 rings (SSSR count). The monoisotopic (exact) mass is 259 g/mol. The van der Waals surface area contributed by atoms with Gasteiger partial charge in [0.25, 0.3) is 0 Å². The Labute approximate surface area is 98.6 Å². The van der Waals surface area contributed by atoms with Crippen LogP contribution in [0.1, 0.15) is 19.3 Å². The molecule has 3 nitrogen and oxygen atoms in total. The molecule has 0 fully saturated rings. The molecule has 0 aliphatic heterocycles. The van der Waals surface area contributed by atoms with Gasteiger partial charge in [0.15, 0.2) is 21.5 Å². The molecule has 0 amide bonds. The second-order valence-corrected chi connectivity index (χ2v) is 5.62. The molecule has 0 unspecified atom stereocenters. The number of unbranched alkanes of at least 4 members (excludes halogenated alkanes) is 2. The Balaban J connectivity index is 2.76. The molecule has 0 aromatic heterocycles. The first-order chi connectivity index (χ1) is 7.97. The molecule has 0 saturated carbocycles. The quantitative estimate of drug-likeness (QED) is 0.602. The number of hydrogen-bond donors (Lipinski definition) is 0. The molecule has 0 saturated heterocycles. The third-order valence-electron chi connectivity index (χ3n) is 2.20. The van der Waals surface area contributed by atoms with Gasteiger partial charge in [0.05, 0.1) is 16.7 Å². The third kappa shape index (κ3) is 3.79. The lowest BCUT2D eigenvalue weighted by Gasteiger charge is -2.04. The van der Waals surface area contributed by atoms with E-state index in [4.69, 9.17) is 5.26 Å². The second kappa shape index (κ2) is 5.73. The molecular formula is C11H11F2NO2S. The highest BCUT2D eigenvalue weighted by Crippen LogP contribution is 2.16. The topological polar surface area (TPSA) is 57.9 Å². The maximum Gasteiger partial charge on any atom is 0.178 e. The summed E-state index contributed by atoms with van der Waals surface area (Å²) in [5, 5.41) is 8.29. The van der Waals surface area contributed by atoms with Gasteiger partial charge in [-0.1, -0.05) is 0 Å². The summed E-state index contributed by atoms with van der Waals surface area (Å²) in [7, 11) is -3.60. The van der Waals surface area contributed by atoms with Gasteiger partial charge in [0.1, 0.15) is 0 Å². The maximum atomic E-state index is 12.9. The fraction of sp³-hybridized carbons (Fsp3) is 0.364. The van der Waals surface area contributed by atoms with E-state index < -0.39 is 21.5 Å². The van der Waals surface area contributed by atoms with Gasteiger partial charge in [-0.05, 0) is 31.0 Å². The standard InChI is InChI=1S/C11H11F2NO2S/c12-10-5-4-9(8-11(10)13)17(15,16)7-3-1-2-6-14/h4-5,8H,1-3,7H2. The molecule has 92 valence electrons. The Kier molecular flexibility index (Phi) is 4.58. The number of benzene rings is 1. The molecule has 0 N–H and O–H groups in total. The van der Waals surface area contributed by atoms with Crippen LogP contribution in [0.3, 0.4) is 0 Å². The molecule has 0 aliphatic rings. The molecule has 0 radical (unpaired) electrons. The summed E-state index contributed by atoms with van der Waals surface area (Å²) in [4.78, 5) is -0.228. The maximum absolute atomic E-state index is 12.9. The molecule has 0 aliphatic carbocycles. The van der Waals surface area contributed by atoms with Crippen LogP contribution in [-0.2, 0) is 9.84 Å². The summed E-state index contributed by atoms with van der Waals surface area (Å²) in [6, 6.07) is 4.41. The minimum absolute atomic E-state index is 0.167. The van der Waals surface area contributed by atoms with E-state index in [1.807, 2.05) is 6.07 Å². The van der Waals surface area contributed by atoms with Crippen molar-refractivity contribution in [3.05, 3.63) is 29.8 Å². The van der Waals surface area contributed by atoms with Crippen molar-refractivity contribution in [3.8, 4) is 6.07 Å². The second-order valence-electron chi connectivity index (χ2n) is 3.51. The SMILES string of the molecule is N#CCCCCS(=O)(=O)c1ccc(F)c(F)c1. The van der Waals surface area contributed by atoms with E-state index in [1.54, 1.807) is 0 Å². The summed E-state index contributed by atoms with van der Waals surface area (Å²) in [6.07, 6.45) is 1.08. The van der Waals surface area contributed by atoms with Crippen LogP contribution in [0.25, 0.3) is 0 Å². The Hall–Kier alpha value is -1.48. The zero-order valence-electron chi connectivity index (χ0n) is 8.99. The minimum Gasteiger partial charge on any atom is -0.224 e. The zero-order valence-corrected chi connectivity index (χ0v) is 9.80. The Morgan fingerprint density at radius 2 is 1.88 bits per heavy atom. The van der Waals surface area contributed by atoms with Crippen molar-refractivity contribution in [2.45, 2.75) is 24.2 Å². The molecule has 0 heterocycles. The van der Waals surface area contributed by atoms with E-state index in [9.17, 15) is 17.2 Å². The number of nitrogens with zero attached hydrogens (tertiary/aromatic N) is 1. The number of nitriles is 1. The van der Waals surface area contributed by atoms with Crippen LogP contribution >= 0.6 is 0 Å². The molecule has 17 heavy (non-hydrogen) atoms. The zero-order chi connectivity index (χ0) is 12.9. The Bertz CT molecular complexity index is 535. The normalized spacial score (nSPS) is 11.1. The van der Waals surface area contributed by atoms with Crippen LogP contribution in [0.15, 0.2) is 23.1 Å². The van der Waals surface area contributed by atoms with Crippen LogP contribution in [0.2, 0.25) is 0 Å². The predicted octanol–water partition coefficient (Wildman–Crippen LogP) is 2.43. The van der Waals surface area contributed by atoms with E-state index >= 15 is 0 Å². The van der Waals surface area contributed by atoms with Crippen molar-refractivity contribution in [2.24, 2.45) is 0 Å². The summed E-state index contributed by atoms with van der Waals surface area (Å²) < 4.78 is 48.9. The van der Waals surface area contributed by atoms with Crippen molar-refractivity contribution in [1.82, 2.24) is 0 Å². The lowest BCUT2D eigenvalue weighted by Crippen LogP contribution is -2.07. The Morgan fingerprint density at radius 3 is 2.47 bits per heavy atom. The first-order valence-electron chi connectivity index (χ1n) is 5.02. The van der Waals surface area contributed by atoms with E-state index in [0.717, 1.165) is 12.1 Å². The third-order valence-corrected chi connectivity index (χ3v) is 4.00. The molecule has 1 aromatic rings. The molecule has 6 heteroatoms. The summed E-state index contributed by atoms with van der Waals surface area (Å²) >= 11 is 0. The van der Waals surface area contributed by atoms with E-state index in [0.29, 0.717) is 18.9 Å². The summed E-state index contributed by atoms with van der Waals surface area (Å²) in [5.41, 5.74) is 0. The summed E-state index contributed by atoms with van der Waals surface area (Å²) in [5.74, 6) is -2.42. The highest BCUT2D eigenvalue weighted by atomic mass is 32.2. The van der Waals surface area contributed by atoms with Crippen molar-refractivity contribution in [1.29, 1.82) is 5.26 Å². The van der Waals surface area contributed by atoms with Crippen molar-refractivity contribution in [3.63, 3.8) is 0 Å². The van der Waals surface area contributed by atoms with Crippen LogP contribution in [0.5, 0.6) is 0 Å². The van der Waals surface area contributed by atoms with Crippen LogP contribution in [0.4, 0.5) is 8.78 Å². The lowest BCUT2D eigenvalue weighted by molar-refractivity contribution is 0.504. The van der Waals surface area contributed by atoms with Crippen LogP contribution < -0.4 is 0 Å². The van der Waals surface area contributed by atoms with Crippen molar-refractivity contribution in [2.75, 3.05) is 5.75 Å². The fourth-order valence-corrected chi connectivity index (χ4v) is 2.66. The molecule has 0 spiro atoms. The molecule has 0 atom stereocenters. The average Bonchev–Trinajstić information content (AvgIpc) is 2.28. The average molecular weight is 259 g/mol. The van der Waals surface area contributed by atoms with E-state index in [-0.39, 0.29) is 17.1 Å². The van der Waals surface area contributed by atoms with Gasteiger partial charge in [-0.3, -0.25) is 0 Å². The van der Waals surface area contributed by atoms with E-state index in [1.165, 1.54) is 0 Å². The highest BCUT2D eigenvalue weighted by molar-refractivity contribution is 7.91. The number of halogens is 2. The Morgan fingerprint density at radius 1 is 1.18 bits per heavy atom. The molecule has 0 bridgehead atoms. The largest absolute Gasteiger partial charge is 0.224 e. The minimum atomic E-state index is -3.60. The van der Waals surface area contributed by atoms with Gasteiger partial charge in [0.2, 0.25) is 0 Å². The summed E-state index contributed by atoms with van der Waals surface area (Å²) in [6.45, 7) is 0. The van der Waals surface area contributed by atoms with E-state index in [2.05, 4.69) is 0 Å². The first-order valence-corrected chi connectivity index (χ1v) is 6.67. The highest BCUT2D eigenvalue weighted by Gasteiger charge is 2.16. The van der Waals surface area contributed by atoms with Gasteiger partial charge in [-0.15, -0.1) is 0 Å². The number of sulfone groups is 1. The van der Waals surface area contributed by atoms with Crippen molar-refractivity contribution >= 4 is 9.84 Å². The van der Waals surface area contributed by atoms with Gasteiger partial charge < -0.3 is 0 Å². The predicted molar refractivity (Wildman–Crippen MR) is 57.9 cm³/mol. The van der Waals surface area contributed by atoms with Crippen LogP contribution in [0, 0.1) is 23.0 Å². The smallest absolute Gasteiger partial charge is 0.178 e. The number of hydrogen-bond acceptors (Lipinski definition) is 3. The van der Waals surface area contributed by atoms with Gasteiger partial charge in [0, 0.05) is 6.42 Å². The lowest BCUT2D eigenvalue weighted by atomic mass is 10.3. The van der Waals surface area contributed by atoms with Gasteiger partial charge in [-0.25, -0.2) is 17.2 Å². The molecular weight excluding hydrogens is 248 g/mol. The first kappa shape index (κ1) is 13.6.